The molecule has 1 aromatic heterocycles. The topological polar surface area (TPSA) is 136 Å². The summed E-state index contributed by atoms with van der Waals surface area (Å²) in [5.41, 5.74) is 15.0. The SMILES string of the molecule is C=CCN(C(=O)CNc1cc(N2CCCC2)ccc1C(C)=N)C1CCC1N.C=CN.CCCC.CNc1cccc(C)n1. The number of benzene rings is 1. The summed E-state index contributed by atoms with van der Waals surface area (Å²) in [5, 5.41) is 14.3. The molecule has 4 rings (SSSR count). The van der Waals surface area contributed by atoms with Gasteiger partial charge in [0.05, 0.1) is 6.54 Å². The van der Waals surface area contributed by atoms with Crippen LogP contribution < -0.4 is 27.0 Å². The van der Waals surface area contributed by atoms with Crippen LogP contribution in [0.25, 0.3) is 0 Å². The molecule has 1 saturated carbocycles. The van der Waals surface area contributed by atoms with E-state index in [2.05, 4.69) is 65.4 Å². The highest BCUT2D eigenvalue weighted by Crippen LogP contribution is 2.28. The number of hydrogen-bond acceptors (Lipinski definition) is 8. The van der Waals surface area contributed by atoms with E-state index < -0.39 is 0 Å². The molecule has 43 heavy (non-hydrogen) atoms. The lowest BCUT2D eigenvalue weighted by Crippen LogP contribution is -2.57. The van der Waals surface area contributed by atoms with Crippen molar-refractivity contribution in [3.8, 4) is 0 Å². The number of rotatable bonds is 10. The first-order chi connectivity index (χ1) is 20.7. The van der Waals surface area contributed by atoms with E-state index in [0.717, 1.165) is 54.4 Å². The molecule has 9 nitrogen and oxygen atoms in total. The average Bonchev–Trinajstić information content (AvgIpc) is 3.55. The van der Waals surface area contributed by atoms with E-state index in [1.807, 2.05) is 43.1 Å². The second-order valence-corrected chi connectivity index (χ2v) is 10.7. The number of nitrogens with one attached hydrogen (secondary N) is 3. The zero-order valence-electron chi connectivity index (χ0n) is 27.2. The Kier molecular flexibility index (Phi) is 18.1. The first-order valence-electron chi connectivity index (χ1n) is 15.5. The third-order valence-electron chi connectivity index (χ3n) is 7.29. The van der Waals surface area contributed by atoms with Crippen LogP contribution in [0, 0.1) is 12.3 Å². The van der Waals surface area contributed by atoms with Crippen LogP contribution in [0.5, 0.6) is 0 Å². The van der Waals surface area contributed by atoms with Crippen LogP contribution in [-0.4, -0.2) is 66.8 Å². The van der Waals surface area contributed by atoms with Gasteiger partial charge in [-0.1, -0.05) is 45.4 Å². The first-order valence-corrected chi connectivity index (χ1v) is 15.5. The summed E-state index contributed by atoms with van der Waals surface area (Å²) in [6, 6.07) is 12.2. The minimum atomic E-state index is 0.0233. The molecular weight excluding hydrogens is 536 g/mol. The summed E-state index contributed by atoms with van der Waals surface area (Å²) in [7, 11) is 1.86. The molecule has 0 radical (unpaired) electrons. The van der Waals surface area contributed by atoms with Gasteiger partial charge in [-0.15, -0.1) is 6.58 Å². The van der Waals surface area contributed by atoms with E-state index in [1.165, 1.54) is 31.9 Å². The van der Waals surface area contributed by atoms with E-state index in [-0.39, 0.29) is 24.5 Å². The summed E-state index contributed by atoms with van der Waals surface area (Å²) < 4.78 is 0. The number of carbonyl (C=O) groups excluding carboxylic acids is 1. The van der Waals surface area contributed by atoms with E-state index in [0.29, 0.717) is 12.3 Å². The fourth-order valence-corrected chi connectivity index (χ4v) is 4.59. The standard InChI is InChI=1S/C21H31N5O.C7H10N2.C4H10.C2H5N/c1-3-10-26(20-9-8-18(20)23)21(27)14-24-19-13-16(25-11-4-5-12-25)6-7-17(19)15(2)22;1-6-4-3-5-7(8-2)9-6;1-3-4-2;1-2-3/h3,6-7,13,18,20,22,24H,1,4-5,8-12,14,23H2,2H3;3-5H,1-2H3,(H,8,9);3-4H2,1-2H3;2H,1,3H2. The van der Waals surface area contributed by atoms with Crippen molar-refractivity contribution in [3.05, 3.63) is 73.1 Å². The van der Waals surface area contributed by atoms with Gasteiger partial charge in [0, 0.05) is 67.1 Å². The van der Waals surface area contributed by atoms with Crippen LogP contribution >= 0.6 is 0 Å². The minimum absolute atomic E-state index is 0.0233. The Hall–Kier alpha value is -3.85. The van der Waals surface area contributed by atoms with Crippen molar-refractivity contribution < 1.29 is 4.79 Å². The summed E-state index contributed by atoms with van der Waals surface area (Å²) >= 11 is 0. The molecule has 1 amide bonds. The summed E-state index contributed by atoms with van der Waals surface area (Å²) in [6.45, 7) is 17.9. The van der Waals surface area contributed by atoms with Crippen LogP contribution in [0.2, 0.25) is 0 Å². The number of aromatic nitrogens is 1. The van der Waals surface area contributed by atoms with E-state index in [4.69, 9.17) is 11.1 Å². The van der Waals surface area contributed by atoms with Gasteiger partial charge in [-0.2, -0.15) is 0 Å². The van der Waals surface area contributed by atoms with Gasteiger partial charge in [0.1, 0.15) is 5.82 Å². The summed E-state index contributed by atoms with van der Waals surface area (Å²) in [6.07, 6.45) is 9.99. The van der Waals surface area contributed by atoms with Crippen molar-refractivity contribution in [2.45, 2.75) is 78.3 Å². The molecule has 2 fully saturated rings. The van der Waals surface area contributed by atoms with Gasteiger partial charge < -0.3 is 37.3 Å². The lowest BCUT2D eigenvalue weighted by Gasteiger charge is -2.42. The zero-order chi connectivity index (χ0) is 32.2. The Balaban J connectivity index is 0.000000474. The van der Waals surface area contributed by atoms with Gasteiger partial charge in [-0.05, 0) is 76.1 Å². The molecule has 238 valence electrons. The monoisotopic (exact) mass is 592 g/mol. The molecule has 1 saturated heterocycles. The van der Waals surface area contributed by atoms with Crippen LogP contribution in [0.1, 0.15) is 70.6 Å². The first kappa shape index (κ1) is 37.2. The van der Waals surface area contributed by atoms with Crippen LogP contribution in [0.15, 0.2) is 61.8 Å². The fraction of sp³-hybridized carbons (Fsp3) is 0.500. The number of pyridine rings is 1. The van der Waals surface area contributed by atoms with Gasteiger partial charge in [-0.3, -0.25) is 4.79 Å². The number of amides is 1. The zero-order valence-corrected chi connectivity index (χ0v) is 27.2. The van der Waals surface area contributed by atoms with Crippen molar-refractivity contribution in [1.29, 1.82) is 5.41 Å². The maximum absolute atomic E-state index is 12.8. The van der Waals surface area contributed by atoms with Crippen molar-refractivity contribution in [3.63, 3.8) is 0 Å². The maximum Gasteiger partial charge on any atom is 0.242 e. The smallest absolute Gasteiger partial charge is 0.242 e. The Morgan fingerprint density at radius 3 is 2.26 bits per heavy atom. The number of nitrogens with two attached hydrogens (primary N) is 2. The molecule has 9 heteroatoms. The molecule has 2 aliphatic rings. The average molecular weight is 593 g/mol. The highest BCUT2D eigenvalue weighted by molar-refractivity contribution is 6.02. The normalized spacial score (nSPS) is 16.4. The molecule has 2 aromatic rings. The Morgan fingerprint density at radius 2 is 1.81 bits per heavy atom. The molecule has 1 aliphatic heterocycles. The predicted molar refractivity (Wildman–Crippen MR) is 185 cm³/mol. The third-order valence-corrected chi connectivity index (χ3v) is 7.29. The van der Waals surface area contributed by atoms with Crippen molar-refractivity contribution >= 4 is 28.8 Å². The van der Waals surface area contributed by atoms with E-state index in [9.17, 15) is 4.79 Å². The molecule has 7 N–H and O–H groups in total. The second kappa shape index (κ2) is 20.9. The van der Waals surface area contributed by atoms with Crippen molar-refractivity contribution in [2.24, 2.45) is 11.5 Å². The molecular formula is C34H56N8O. The van der Waals surface area contributed by atoms with Crippen LogP contribution in [0.3, 0.4) is 0 Å². The Bertz CT molecular complexity index is 1130. The van der Waals surface area contributed by atoms with Gasteiger partial charge in [0.25, 0.3) is 0 Å². The molecule has 1 aromatic carbocycles. The number of anilines is 3. The lowest BCUT2D eigenvalue weighted by atomic mass is 9.85. The summed E-state index contributed by atoms with van der Waals surface area (Å²) in [4.78, 5) is 21.2. The lowest BCUT2D eigenvalue weighted by molar-refractivity contribution is -0.133. The quantitative estimate of drug-likeness (QED) is 0.171. The fourth-order valence-electron chi connectivity index (χ4n) is 4.59. The molecule has 2 atom stereocenters. The Morgan fingerprint density at radius 1 is 1.16 bits per heavy atom. The Labute approximate surface area is 260 Å². The third kappa shape index (κ3) is 12.9. The largest absolute Gasteiger partial charge is 0.405 e. The number of unbranched alkanes of at least 4 members (excludes halogenated alkanes) is 1. The molecule has 2 unspecified atom stereocenters. The van der Waals surface area contributed by atoms with Crippen LogP contribution in [-0.2, 0) is 4.79 Å². The maximum atomic E-state index is 12.8. The highest BCUT2D eigenvalue weighted by Gasteiger charge is 2.34. The van der Waals surface area contributed by atoms with Gasteiger partial charge in [-0.25, -0.2) is 4.98 Å². The van der Waals surface area contributed by atoms with Crippen molar-refractivity contribution in [1.82, 2.24) is 9.88 Å². The molecule has 0 spiro atoms. The van der Waals surface area contributed by atoms with Gasteiger partial charge >= 0.3 is 0 Å². The van der Waals surface area contributed by atoms with Crippen LogP contribution in [0.4, 0.5) is 17.2 Å². The second-order valence-electron chi connectivity index (χ2n) is 10.7. The highest BCUT2D eigenvalue weighted by atomic mass is 16.2. The van der Waals surface area contributed by atoms with E-state index in [1.54, 1.807) is 13.0 Å². The summed E-state index contributed by atoms with van der Waals surface area (Å²) in [5.74, 6) is 0.949. The predicted octanol–water partition coefficient (Wildman–Crippen LogP) is 5.92. The number of nitrogens with zero attached hydrogens (tertiary/aromatic N) is 3. The molecule has 2 heterocycles. The minimum Gasteiger partial charge on any atom is -0.405 e. The number of hydrogen-bond donors (Lipinski definition) is 5. The van der Waals surface area contributed by atoms with E-state index >= 15 is 0 Å². The van der Waals surface area contributed by atoms with Gasteiger partial charge in [0.2, 0.25) is 5.91 Å². The number of carbonyl (C=O) groups is 1. The van der Waals surface area contributed by atoms with Crippen molar-refractivity contribution in [2.75, 3.05) is 48.8 Å². The van der Waals surface area contributed by atoms with Gasteiger partial charge in [0.15, 0.2) is 0 Å². The molecule has 0 bridgehead atoms. The molecule has 1 aliphatic carbocycles. The number of aryl methyl sites for hydroxylation is 1.